The molecule has 2 N–H and O–H groups in total. The summed E-state index contributed by atoms with van der Waals surface area (Å²) in [7, 11) is 2.85. The SMILES string of the molecule is COc1ccc(-c2noc([C@H](C)O)c2C(=O)NCC(F)(F)F)cc1OC. The summed E-state index contributed by atoms with van der Waals surface area (Å²) in [5.41, 5.74) is 0.0356. The molecule has 0 radical (unpaired) electrons. The number of amides is 1. The van der Waals surface area contributed by atoms with Crippen LogP contribution < -0.4 is 14.8 Å². The minimum Gasteiger partial charge on any atom is -0.493 e. The lowest BCUT2D eigenvalue weighted by Crippen LogP contribution is -2.34. The van der Waals surface area contributed by atoms with Crippen molar-refractivity contribution in [3.63, 3.8) is 0 Å². The molecule has 1 aromatic carbocycles. The number of aliphatic hydroxyl groups is 1. The smallest absolute Gasteiger partial charge is 0.405 e. The Morgan fingerprint density at radius 2 is 1.96 bits per heavy atom. The lowest BCUT2D eigenvalue weighted by atomic mass is 10.0. The van der Waals surface area contributed by atoms with Gasteiger partial charge in [-0.2, -0.15) is 13.2 Å². The van der Waals surface area contributed by atoms with Crippen LogP contribution in [0.25, 0.3) is 11.3 Å². The van der Waals surface area contributed by atoms with Gasteiger partial charge >= 0.3 is 6.18 Å². The first kappa shape index (κ1) is 19.6. The third kappa shape index (κ3) is 4.26. The zero-order valence-corrected chi connectivity index (χ0v) is 14.2. The number of benzene rings is 1. The van der Waals surface area contributed by atoms with Gasteiger partial charge in [-0.25, -0.2) is 0 Å². The monoisotopic (exact) mass is 374 g/mol. The standard InChI is InChI=1S/C16H17F3N2O5/c1-8(22)14-12(15(23)20-7-16(17,18)19)13(21-26-14)9-4-5-10(24-2)11(6-9)25-3/h4-6,8,22H,7H2,1-3H3,(H,20,23)/t8-/m0/s1. The molecule has 142 valence electrons. The summed E-state index contributed by atoms with van der Waals surface area (Å²) in [5, 5.41) is 15.2. The third-order valence-corrected chi connectivity index (χ3v) is 3.43. The predicted molar refractivity (Wildman–Crippen MR) is 84.1 cm³/mol. The van der Waals surface area contributed by atoms with Gasteiger partial charge in [0.1, 0.15) is 23.9 Å². The van der Waals surface area contributed by atoms with Crippen LogP contribution in [0.5, 0.6) is 11.5 Å². The van der Waals surface area contributed by atoms with E-state index in [1.807, 2.05) is 0 Å². The van der Waals surface area contributed by atoms with Gasteiger partial charge in [-0.1, -0.05) is 5.16 Å². The average Bonchev–Trinajstić information content (AvgIpc) is 3.03. The third-order valence-electron chi connectivity index (χ3n) is 3.43. The first-order valence-electron chi connectivity index (χ1n) is 7.43. The normalized spacial score (nSPS) is 12.6. The van der Waals surface area contributed by atoms with Gasteiger partial charge in [0.15, 0.2) is 17.3 Å². The molecule has 10 heteroatoms. The number of carbonyl (C=O) groups is 1. The molecule has 0 fully saturated rings. The number of nitrogens with one attached hydrogen (secondary N) is 1. The Labute approximate surface area is 146 Å². The highest BCUT2D eigenvalue weighted by atomic mass is 19.4. The van der Waals surface area contributed by atoms with Crippen molar-refractivity contribution >= 4 is 5.91 Å². The molecule has 7 nitrogen and oxygen atoms in total. The highest BCUT2D eigenvalue weighted by Crippen LogP contribution is 2.35. The van der Waals surface area contributed by atoms with Crippen molar-refractivity contribution in [2.24, 2.45) is 0 Å². The van der Waals surface area contributed by atoms with Crippen LogP contribution in [0.3, 0.4) is 0 Å². The van der Waals surface area contributed by atoms with E-state index >= 15 is 0 Å². The summed E-state index contributed by atoms with van der Waals surface area (Å²) in [5.74, 6) is -0.564. The van der Waals surface area contributed by atoms with E-state index in [0.717, 1.165) is 0 Å². The second kappa shape index (κ2) is 7.65. The molecule has 1 atom stereocenters. The molecule has 0 saturated heterocycles. The van der Waals surface area contributed by atoms with E-state index in [2.05, 4.69) is 5.16 Å². The number of nitrogens with zero attached hydrogens (tertiary/aromatic N) is 1. The minimum absolute atomic E-state index is 0.0264. The zero-order valence-electron chi connectivity index (χ0n) is 14.2. The number of ether oxygens (including phenoxy) is 2. The fourth-order valence-corrected chi connectivity index (χ4v) is 2.26. The van der Waals surface area contributed by atoms with Crippen molar-refractivity contribution in [3.05, 3.63) is 29.5 Å². The van der Waals surface area contributed by atoms with Crippen LogP contribution in [-0.4, -0.2) is 43.1 Å². The molecule has 0 aliphatic rings. The van der Waals surface area contributed by atoms with Gasteiger partial charge in [-0.05, 0) is 25.1 Å². The Kier molecular flexibility index (Phi) is 5.76. The fourth-order valence-electron chi connectivity index (χ4n) is 2.26. The van der Waals surface area contributed by atoms with E-state index < -0.39 is 24.7 Å². The van der Waals surface area contributed by atoms with Crippen LogP contribution in [0, 0.1) is 0 Å². The highest BCUT2D eigenvalue weighted by molar-refractivity contribution is 6.01. The van der Waals surface area contributed by atoms with Crippen LogP contribution in [0.1, 0.15) is 29.1 Å². The van der Waals surface area contributed by atoms with Crippen molar-refractivity contribution in [1.82, 2.24) is 10.5 Å². The molecule has 0 saturated carbocycles. The predicted octanol–water partition coefficient (Wildman–Crippen LogP) is 2.70. The lowest BCUT2D eigenvalue weighted by Gasteiger charge is -2.11. The number of carbonyl (C=O) groups excluding carboxylic acids is 1. The van der Waals surface area contributed by atoms with Crippen LogP contribution >= 0.6 is 0 Å². The largest absolute Gasteiger partial charge is 0.493 e. The van der Waals surface area contributed by atoms with Crippen molar-refractivity contribution < 1.29 is 37.1 Å². The van der Waals surface area contributed by atoms with E-state index in [1.54, 1.807) is 11.4 Å². The average molecular weight is 374 g/mol. The van der Waals surface area contributed by atoms with E-state index in [0.29, 0.717) is 17.1 Å². The Morgan fingerprint density at radius 1 is 1.31 bits per heavy atom. The maximum atomic E-state index is 12.4. The van der Waals surface area contributed by atoms with Crippen molar-refractivity contribution in [2.45, 2.75) is 19.2 Å². The molecule has 26 heavy (non-hydrogen) atoms. The molecule has 1 amide bonds. The molecular formula is C16H17F3N2O5. The lowest BCUT2D eigenvalue weighted by molar-refractivity contribution is -0.123. The minimum atomic E-state index is -4.58. The quantitative estimate of drug-likeness (QED) is 0.808. The highest BCUT2D eigenvalue weighted by Gasteiger charge is 2.32. The number of halogens is 3. The molecule has 0 aliphatic heterocycles. The zero-order chi connectivity index (χ0) is 19.5. The van der Waals surface area contributed by atoms with Crippen LogP contribution in [0.4, 0.5) is 13.2 Å². The summed E-state index contributed by atoms with van der Waals surface area (Å²) in [6.07, 6.45) is -5.83. The summed E-state index contributed by atoms with van der Waals surface area (Å²) >= 11 is 0. The number of aromatic nitrogens is 1. The summed E-state index contributed by atoms with van der Waals surface area (Å²) < 4.78 is 52.4. The second-order valence-electron chi connectivity index (χ2n) is 5.31. The number of methoxy groups -OCH3 is 2. The Morgan fingerprint density at radius 3 is 2.50 bits per heavy atom. The number of hydrogen-bond donors (Lipinski definition) is 2. The summed E-state index contributed by atoms with van der Waals surface area (Å²) in [6, 6.07) is 4.57. The maximum Gasteiger partial charge on any atom is 0.405 e. The van der Waals surface area contributed by atoms with Gasteiger partial charge in [0.2, 0.25) is 0 Å². The van der Waals surface area contributed by atoms with Gasteiger partial charge in [-0.3, -0.25) is 4.79 Å². The second-order valence-corrected chi connectivity index (χ2v) is 5.31. The molecule has 1 aromatic heterocycles. The number of hydrogen-bond acceptors (Lipinski definition) is 6. The Hall–Kier alpha value is -2.75. The molecule has 2 rings (SSSR count). The van der Waals surface area contributed by atoms with Crippen molar-refractivity contribution in [1.29, 1.82) is 0 Å². The summed E-state index contributed by atoms with van der Waals surface area (Å²) in [6.45, 7) is -0.221. The Balaban J connectivity index is 2.48. The van der Waals surface area contributed by atoms with Gasteiger partial charge < -0.3 is 24.4 Å². The topological polar surface area (TPSA) is 93.8 Å². The Bertz CT molecular complexity index is 787. The van der Waals surface area contributed by atoms with Crippen LogP contribution in [-0.2, 0) is 0 Å². The van der Waals surface area contributed by atoms with E-state index in [1.165, 1.54) is 33.3 Å². The maximum absolute atomic E-state index is 12.4. The molecule has 1 heterocycles. The van der Waals surface area contributed by atoms with Crippen molar-refractivity contribution in [3.8, 4) is 22.8 Å². The van der Waals surface area contributed by atoms with Gasteiger partial charge in [0, 0.05) is 5.56 Å². The van der Waals surface area contributed by atoms with Crippen molar-refractivity contribution in [2.75, 3.05) is 20.8 Å². The first-order valence-corrected chi connectivity index (χ1v) is 7.43. The molecule has 0 bridgehead atoms. The van der Waals surface area contributed by atoms with Gasteiger partial charge in [0.05, 0.1) is 14.2 Å². The summed E-state index contributed by atoms with van der Waals surface area (Å²) in [4.78, 5) is 12.3. The van der Waals surface area contributed by atoms with E-state index in [9.17, 15) is 23.1 Å². The molecule has 0 spiro atoms. The molecule has 0 aliphatic carbocycles. The fraction of sp³-hybridized carbons (Fsp3) is 0.375. The number of rotatable bonds is 6. The number of aliphatic hydroxyl groups excluding tert-OH is 1. The van der Waals surface area contributed by atoms with Gasteiger partial charge in [0.25, 0.3) is 5.91 Å². The van der Waals surface area contributed by atoms with E-state index in [-0.39, 0.29) is 17.0 Å². The van der Waals surface area contributed by atoms with E-state index in [4.69, 9.17) is 14.0 Å². The van der Waals surface area contributed by atoms with Crippen LogP contribution in [0.15, 0.2) is 22.7 Å². The van der Waals surface area contributed by atoms with Gasteiger partial charge in [-0.15, -0.1) is 0 Å². The van der Waals surface area contributed by atoms with Crippen LogP contribution in [0.2, 0.25) is 0 Å². The molecular weight excluding hydrogens is 357 g/mol. The molecule has 2 aromatic rings. The molecule has 0 unspecified atom stereocenters. The first-order chi connectivity index (χ1) is 12.2. The number of alkyl halides is 3.